The monoisotopic (exact) mass is 270 g/mol. The lowest BCUT2D eigenvalue weighted by Crippen LogP contribution is -1.91. The van der Waals surface area contributed by atoms with Crippen molar-refractivity contribution in [1.82, 2.24) is 0 Å². The number of benzene rings is 1. The van der Waals surface area contributed by atoms with Crippen molar-refractivity contribution >= 4 is 23.2 Å². The van der Waals surface area contributed by atoms with Crippen LogP contribution >= 0.6 is 23.2 Å². The van der Waals surface area contributed by atoms with Gasteiger partial charge >= 0.3 is 0 Å². The minimum atomic E-state index is -0.563. The molecule has 2 rings (SSSR count). The molecule has 17 heavy (non-hydrogen) atoms. The maximum atomic E-state index is 9.65. The summed E-state index contributed by atoms with van der Waals surface area (Å²) >= 11 is 11.8. The molecule has 0 spiro atoms. The highest BCUT2D eigenvalue weighted by Crippen LogP contribution is 2.31. The maximum absolute atomic E-state index is 9.65. The first-order valence-corrected chi connectivity index (χ1v) is 6.10. The fraction of sp³-hybridized carbons (Fsp3) is 0.231. The van der Waals surface area contributed by atoms with Crippen molar-refractivity contribution in [2.24, 2.45) is 0 Å². The van der Waals surface area contributed by atoms with Crippen LogP contribution in [0.15, 0.2) is 34.7 Å². The molecule has 0 aliphatic rings. The van der Waals surface area contributed by atoms with Crippen LogP contribution in [0.2, 0.25) is 10.0 Å². The van der Waals surface area contributed by atoms with Gasteiger partial charge in [-0.05, 0) is 36.8 Å². The molecule has 0 saturated carbocycles. The highest BCUT2D eigenvalue weighted by Gasteiger charge is 2.11. The molecule has 2 nitrogen and oxygen atoms in total. The summed E-state index contributed by atoms with van der Waals surface area (Å²) in [5, 5.41) is 10.6. The number of aliphatic hydroxyl groups excluding tert-OH is 1. The summed E-state index contributed by atoms with van der Waals surface area (Å²) in [6, 6.07) is 8.87. The topological polar surface area (TPSA) is 33.4 Å². The van der Waals surface area contributed by atoms with Gasteiger partial charge in [0.05, 0.1) is 10.0 Å². The van der Waals surface area contributed by atoms with Gasteiger partial charge in [0.15, 0.2) is 0 Å². The molecule has 1 atom stereocenters. The molecule has 0 amide bonds. The molecule has 4 heteroatoms. The van der Waals surface area contributed by atoms with Gasteiger partial charge in [0, 0.05) is 5.56 Å². The normalized spacial score (nSPS) is 12.7. The van der Waals surface area contributed by atoms with Crippen molar-refractivity contribution in [2.45, 2.75) is 19.4 Å². The number of aliphatic hydroxyl groups is 1. The zero-order valence-corrected chi connectivity index (χ0v) is 10.8. The quantitative estimate of drug-likeness (QED) is 0.877. The summed E-state index contributed by atoms with van der Waals surface area (Å²) in [4.78, 5) is 0. The predicted octanol–water partition coefficient (Wildman–Crippen LogP) is 4.70. The van der Waals surface area contributed by atoms with Crippen LogP contribution in [-0.2, 0) is 0 Å². The van der Waals surface area contributed by atoms with Gasteiger partial charge in [-0.2, -0.15) is 0 Å². The molecule has 2 aromatic rings. The van der Waals surface area contributed by atoms with Gasteiger partial charge in [-0.1, -0.05) is 30.1 Å². The van der Waals surface area contributed by atoms with Gasteiger partial charge in [0.2, 0.25) is 0 Å². The van der Waals surface area contributed by atoms with E-state index in [2.05, 4.69) is 0 Å². The van der Waals surface area contributed by atoms with Crippen molar-refractivity contribution in [3.63, 3.8) is 0 Å². The van der Waals surface area contributed by atoms with Crippen LogP contribution < -0.4 is 0 Å². The van der Waals surface area contributed by atoms with Crippen molar-refractivity contribution in [3.8, 4) is 11.3 Å². The number of hydrogen-bond donors (Lipinski definition) is 1. The van der Waals surface area contributed by atoms with Gasteiger partial charge in [-0.15, -0.1) is 0 Å². The van der Waals surface area contributed by atoms with Crippen LogP contribution in [0.5, 0.6) is 0 Å². The van der Waals surface area contributed by atoms with Gasteiger partial charge in [0.1, 0.15) is 17.6 Å². The number of furan rings is 1. The molecule has 0 aliphatic carbocycles. The number of halogens is 2. The summed E-state index contributed by atoms with van der Waals surface area (Å²) in [6.07, 6.45) is 0.0560. The first-order chi connectivity index (χ1) is 8.11. The Morgan fingerprint density at radius 3 is 2.59 bits per heavy atom. The second kappa shape index (κ2) is 5.13. The molecule has 1 unspecified atom stereocenters. The van der Waals surface area contributed by atoms with Gasteiger partial charge < -0.3 is 9.52 Å². The Bertz CT molecular complexity index is 520. The zero-order valence-electron chi connectivity index (χ0n) is 9.28. The Morgan fingerprint density at radius 1 is 1.18 bits per heavy atom. The van der Waals surface area contributed by atoms with E-state index in [0.29, 0.717) is 28.0 Å². The van der Waals surface area contributed by atoms with Crippen molar-refractivity contribution in [3.05, 3.63) is 46.1 Å². The molecule has 0 aliphatic heterocycles. The predicted molar refractivity (Wildman–Crippen MR) is 69.4 cm³/mol. The Kier molecular flexibility index (Phi) is 3.77. The third-order valence-corrected chi connectivity index (χ3v) is 3.29. The average molecular weight is 271 g/mol. The molecule has 0 bridgehead atoms. The van der Waals surface area contributed by atoms with Crippen molar-refractivity contribution in [1.29, 1.82) is 0 Å². The zero-order chi connectivity index (χ0) is 12.4. The largest absolute Gasteiger partial charge is 0.458 e. The Hall–Kier alpha value is -0.960. The smallest absolute Gasteiger partial charge is 0.134 e. The fourth-order valence-electron chi connectivity index (χ4n) is 1.54. The fourth-order valence-corrected chi connectivity index (χ4v) is 1.84. The average Bonchev–Trinajstić information content (AvgIpc) is 2.81. The first-order valence-electron chi connectivity index (χ1n) is 5.35. The van der Waals surface area contributed by atoms with E-state index in [1.165, 1.54) is 0 Å². The molecular formula is C13H12Cl2O2. The van der Waals surface area contributed by atoms with Crippen LogP contribution in [0.25, 0.3) is 11.3 Å². The van der Waals surface area contributed by atoms with Crippen LogP contribution in [-0.4, -0.2) is 5.11 Å². The standard InChI is InChI=1S/C13H12Cl2O2/c1-2-11(16)13-6-5-12(17-13)8-3-4-9(14)10(15)7-8/h3-7,11,16H,2H2,1H3. The molecule has 1 heterocycles. The SMILES string of the molecule is CCC(O)c1ccc(-c2ccc(Cl)c(Cl)c2)o1. The van der Waals surface area contributed by atoms with E-state index in [4.69, 9.17) is 27.6 Å². The van der Waals surface area contributed by atoms with E-state index < -0.39 is 6.10 Å². The molecule has 1 N–H and O–H groups in total. The Morgan fingerprint density at radius 2 is 1.94 bits per heavy atom. The van der Waals surface area contributed by atoms with Crippen molar-refractivity contribution in [2.75, 3.05) is 0 Å². The van der Waals surface area contributed by atoms with E-state index >= 15 is 0 Å². The maximum Gasteiger partial charge on any atom is 0.134 e. The molecular weight excluding hydrogens is 259 g/mol. The number of hydrogen-bond acceptors (Lipinski definition) is 2. The molecule has 1 aromatic heterocycles. The van der Waals surface area contributed by atoms with E-state index in [0.717, 1.165) is 5.56 Å². The Balaban J connectivity index is 2.33. The van der Waals surface area contributed by atoms with Crippen LogP contribution in [0.1, 0.15) is 25.2 Å². The highest BCUT2D eigenvalue weighted by molar-refractivity contribution is 6.42. The second-order valence-electron chi connectivity index (χ2n) is 3.75. The summed E-state index contributed by atoms with van der Waals surface area (Å²) < 4.78 is 5.57. The van der Waals surface area contributed by atoms with E-state index in [9.17, 15) is 5.11 Å². The molecule has 0 fully saturated rings. The molecule has 90 valence electrons. The summed E-state index contributed by atoms with van der Waals surface area (Å²) in [7, 11) is 0. The van der Waals surface area contributed by atoms with Crippen LogP contribution in [0, 0.1) is 0 Å². The van der Waals surface area contributed by atoms with Gasteiger partial charge in [0.25, 0.3) is 0 Å². The lowest BCUT2D eigenvalue weighted by molar-refractivity contribution is 0.147. The van der Waals surface area contributed by atoms with Crippen LogP contribution in [0.3, 0.4) is 0 Å². The van der Waals surface area contributed by atoms with Gasteiger partial charge in [-0.25, -0.2) is 0 Å². The van der Waals surface area contributed by atoms with Crippen molar-refractivity contribution < 1.29 is 9.52 Å². The summed E-state index contributed by atoms with van der Waals surface area (Å²) in [6.45, 7) is 1.89. The lowest BCUT2D eigenvalue weighted by atomic mass is 10.2. The first kappa shape index (κ1) is 12.5. The second-order valence-corrected chi connectivity index (χ2v) is 4.57. The van der Waals surface area contributed by atoms with Gasteiger partial charge in [-0.3, -0.25) is 0 Å². The summed E-state index contributed by atoms with van der Waals surface area (Å²) in [5.41, 5.74) is 0.842. The minimum absolute atomic E-state index is 0.484. The molecule has 0 radical (unpaired) electrons. The highest BCUT2D eigenvalue weighted by atomic mass is 35.5. The third kappa shape index (κ3) is 2.65. The number of rotatable bonds is 3. The van der Waals surface area contributed by atoms with Crippen LogP contribution in [0.4, 0.5) is 0 Å². The van der Waals surface area contributed by atoms with E-state index in [-0.39, 0.29) is 0 Å². The summed E-state index contributed by atoms with van der Waals surface area (Å²) in [5.74, 6) is 1.24. The Labute approximate surface area is 110 Å². The van der Waals surface area contributed by atoms with E-state index in [1.54, 1.807) is 18.2 Å². The molecule has 1 aromatic carbocycles. The van der Waals surface area contributed by atoms with E-state index in [1.807, 2.05) is 19.1 Å². The molecule has 0 saturated heterocycles. The third-order valence-electron chi connectivity index (χ3n) is 2.55. The minimum Gasteiger partial charge on any atom is -0.458 e. The lowest BCUT2D eigenvalue weighted by Gasteiger charge is -2.03.